The molecule has 1 saturated heterocycles. The zero-order chi connectivity index (χ0) is 29.0. The van der Waals surface area contributed by atoms with Crippen molar-refractivity contribution in [1.82, 2.24) is 0 Å². The van der Waals surface area contributed by atoms with Crippen molar-refractivity contribution in [3.63, 3.8) is 0 Å². The average Bonchev–Trinajstić information content (AvgIpc) is 2.90. The van der Waals surface area contributed by atoms with Crippen LogP contribution in [0.2, 0.25) is 0 Å². The van der Waals surface area contributed by atoms with Crippen LogP contribution in [0.3, 0.4) is 0 Å². The number of hydrogen-bond donors (Lipinski definition) is 5. The van der Waals surface area contributed by atoms with Crippen LogP contribution < -0.4 is 10.4 Å². The second kappa shape index (κ2) is 10.8. The van der Waals surface area contributed by atoms with Crippen molar-refractivity contribution >= 4 is 11.0 Å². The van der Waals surface area contributed by atoms with Crippen molar-refractivity contribution in [2.75, 3.05) is 13.2 Å². The number of aliphatic hydroxyl groups excluding tert-OH is 5. The molecule has 40 heavy (non-hydrogen) atoms. The maximum atomic E-state index is 11.7. The molecule has 0 bridgehead atoms. The van der Waals surface area contributed by atoms with Crippen molar-refractivity contribution in [1.29, 1.82) is 0 Å². The molecule has 2 heterocycles. The van der Waals surface area contributed by atoms with E-state index in [4.69, 9.17) is 18.6 Å². The largest absolute Gasteiger partial charge is 0.493 e. The summed E-state index contributed by atoms with van der Waals surface area (Å²) in [6.07, 6.45) is -6.40. The quantitative estimate of drug-likeness (QED) is 0.260. The lowest BCUT2D eigenvalue weighted by Gasteiger charge is -2.61. The molecule has 1 unspecified atom stereocenters. The number of fused-ring (bicyclic) bond motifs is 2. The van der Waals surface area contributed by atoms with E-state index in [2.05, 4.69) is 13.5 Å². The molecule has 2 aromatic rings. The van der Waals surface area contributed by atoms with Gasteiger partial charge in [-0.1, -0.05) is 32.9 Å². The molecule has 10 nitrogen and oxygen atoms in total. The van der Waals surface area contributed by atoms with E-state index in [1.807, 2.05) is 26.0 Å². The van der Waals surface area contributed by atoms with Crippen LogP contribution >= 0.6 is 0 Å². The van der Waals surface area contributed by atoms with Gasteiger partial charge in [0.25, 0.3) is 0 Å². The van der Waals surface area contributed by atoms with Crippen molar-refractivity contribution < 1.29 is 44.2 Å². The van der Waals surface area contributed by atoms with Crippen LogP contribution in [0.5, 0.6) is 5.75 Å². The van der Waals surface area contributed by atoms with Crippen molar-refractivity contribution in [3.8, 4) is 5.75 Å². The van der Waals surface area contributed by atoms with E-state index >= 15 is 0 Å². The summed E-state index contributed by atoms with van der Waals surface area (Å²) in [7, 11) is 0. The summed E-state index contributed by atoms with van der Waals surface area (Å²) >= 11 is 0. The van der Waals surface area contributed by atoms with Crippen LogP contribution in [0, 0.1) is 22.7 Å². The smallest absolute Gasteiger partial charge is 0.336 e. The Bertz CT molecular complexity index is 1290. The molecule has 1 aromatic heterocycles. The second-order valence-corrected chi connectivity index (χ2v) is 12.4. The first-order valence-electron chi connectivity index (χ1n) is 13.8. The van der Waals surface area contributed by atoms with Gasteiger partial charge in [0, 0.05) is 23.4 Å². The fraction of sp³-hybridized carbons (Fsp3) is 0.633. The molecule has 3 aliphatic rings. The number of aliphatic hydroxyl groups is 5. The Balaban J connectivity index is 1.41. The third kappa shape index (κ3) is 5.00. The zero-order valence-corrected chi connectivity index (χ0v) is 23.1. The topological polar surface area (TPSA) is 159 Å². The van der Waals surface area contributed by atoms with Crippen LogP contribution in [0.25, 0.3) is 11.0 Å². The van der Waals surface area contributed by atoms with E-state index in [1.165, 1.54) is 6.07 Å². The van der Waals surface area contributed by atoms with Crippen molar-refractivity contribution in [2.24, 2.45) is 22.7 Å². The summed E-state index contributed by atoms with van der Waals surface area (Å²) in [5.74, 6) is 0.242. The minimum Gasteiger partial charge on any atom is -0.493 e. The molecule has 3 fully saturated rings. The summed E-state index contributed by atoms with van der Waals surface area (Å²) < 4.78 is 23.6. The van der Waals surface area contributed by atoms with Gasteiger partial charge in [-0.2, -0.15) is 0 Å². The van der Waals surface area contributed by atoms with E-state index < -0.39 is 66.0 Å². The molecule has 0 amide bonds. The minimum atomic E-state index is -1.55. The predicted octanol–water partition coefficient (Wildman–Crippen LogP) is 1.74. The normalized spacial score (nSPS) is 39.6. The first-order valence-corrected chi connectivity index (χ1v) is 13.8. The van der Waals surface area contributed by atoms with Gasteiger partial charge in [-0.15, -0.1) is 0 Å². The third-order valence-electron chi connectivity index (χ3n) is 9.62. The molecular formula is C30H40O10. The Hall–Kier alpha value is -2.31. The molecule has 5 N–H and O–H groups in total. The highest BCUT2D eigenvalue weighted by molar-refractivity contribution is 5.77. The fourth-order valence-electron chi connectivity index (χ4n) is 7.41. The molecule has 5 rings (SSSR count). The van der Waals surface area contributed by atoms with Crippen LogP contribution in [0.15, 0.2) is 51.7 Å². The lowest BCUT2D eigenvalue weighted by molar-refractivity contribution is -0.327. The molecule has 0 spiro atoms. The highest BCUT2D eigenvalue weighted by atomic mass is 16.7. The van der Waals surface area contributed by atoms with E-state index in [1.54, 1.807) is 12.1 Å². The Labute approximate surface area is 232 Å². The van der Waals surface area contributed by atoms with Crippen molar-refractivity contribution in [3.05, 3.63) is 52.9 Å². The van der Waals surface area contributed by atoms with Crippen LogP contribution in [-0.2, 0) is 9.47 Å². The van der Waals surface area contributed by atoms with E-state index in [0.29, 0.717) is 37.2 Å². The zero-order valence-electron chi connectivity index (χ0n) is 23.1. The molecule has 1 aromatic carbocycles. The molecule has 10 heteroatoms. The maximum Gasteiger partial charge on any atom is 0.336 e. The lowest BCUT2D eigenvalue weighted by atomic mass is 9.46. The third-order valence-corrected chi connectivity index (χ3v) is 9.62. The van der Waals surface area contributed by atoms with Crippen molar-refractivity contribution in [2.45, 2.75) is 82.9 Å². The Kier molecular flexibility index (Phi) is 7.90. The van der Waals surface area contributed by atoms with Gasteiger partial charge in [0.15, 0.2) is 6.29 Å². The molecule has 2 aliphatic carbocycles. The average molecular weight is 561 g/mol. The molecule has 1 aliphatic heterocycles. The first-order chi connectivity index (χ1) is 18.9. The minimum absolute atomic E-state index is 0.0996. The number of ether oxygens (including phenoxy) is 3. The highest BCUT2D eigenvalue weighted by Gasteiger charge is 2.61. The maximum absolute atomic E-state index is 11.7. The van der Waals surface area contributed by atoms with Gasteiger partial charge < -0.3 is 44.2 Å². The molecular weight excluding hydrogens is 520 g/mol. The number of rotatable bonds is 6. The van der Waals surface area contributed by atoms with Crippen LogP contribution in [0.1, 0.15) is 40.0 Å². The van der Waals surface area contributed by atoms with Gasteiger partial charge in [-0.05, 0) is 54.2 Å². The van der Waals surface area contributed by atoms with Gasteiger partial charge in [-0.3, -0.25) is 0 Å². The van der Waals surface area contributed by atoms with Crippen LogP contribution in [-0.4, -0.2) is 81.7 Å². The second-order valence-electron chi connectivity index (χ2n) is 12.4. The first kappa shape index (κ1) is 29.2. The molecule has 2 saturated carbocycles. The summed E-state index contributed by atoms with van der Waals surface area (Å²) in [6.45, 7) is 10.3. The highest BCUT2D eigenvalue weighted by Crippen LogP contribution is 2.61. The monoisotopic (exact) mass is 560 g/mol. The molecule has 220 valence electrons. The van der Waals surface area contributed by atoms with Gasteiger partial charge in [0.05, 0.1) is 25.4 Å². The summed E-state index contributed by atoms with van der Waals surface area (Å²) in [6, 6.07) is 8.43. The number of hydrogen-bond acceptors (Lipinski definition) is 10. The van der Waals surface area contributed by atoms with Gasteiger partial charge in [0.2, 0.25) is 0 Å². The van der Waals surface area contributed by atoms with Crippen LogP contribution in [0.4, 0.5) is 0 Å². The standard InChI is InChI=1S/C30H40O10/c1-15-11-20(39-28-26(36)25(35)24(34)21(13-31)40-28)27-29(2,3)22(32)9-10-30(27,4)18(15)14-37-17-7-5-16-6-8-23(33)38-19(16)12-17/h5-8,12,18,20-22,24-28,31-32,34-36H,1,9-11,13-14H2,2-4H3/t18-,20-,21-,22-,24-,25+,26-,27?,28-,30+/m1/s1. The van der Waals surface area contributed by atoms with Gasteiger partial charge >= 0.3 is 5.63 Å². The van der Waals surface area contributed by atoms with E-state index in [-0.39, 0.29) is 11.8 Å². The predicted molar refractivity (Wildman–Crippen MR) is 144 cm³/mol. The summed E-state index contributed by atoms with van der Waals surface area (Å²) in [4.78, 5) is 11.7. The van der Waals surface area contributed by atoms with E-state index in [9.17, 15) is 30.3 Å². The van der Waals surface area contributed by atoms with Gasteiger partial charge in [0.1, 0.15) is 35.7 Å². The van der Waals surface area contributed by atoms with E-state index in [0.717, 1.165) is 11.0 Å². The lowest BCUT2D eigenvalue weighted by Crippen LogP contribution is -2.64. The Morgan fingerprint density at radius 1 is 1.05 bits per heavy atom. The molecule has 10 atom stereocenters. The SMILES string of the molecule is C=C1C[C@@H](O[C@@H]2O[C@H](CO)[C@@H](O)[C@H](O)[C@H]2O)C2C(C)(C)[C@H](O)CC[C@@]2(C)[C@@H]1COc1ccc2ccc(=O)oc2c1. The summed E-state index contributed by atoms with van der Waals surface area (Å²) in [5, 5.41) is 52.6. The number of benzene rings is 1. The summed E-state index contributed by atoms with van der Waals surface area (Å²) in [5.41, 5.74) is -0.120. The molecule has 0 radical (unpaired) electrons. The fourth-order valence-corrected chi connectivity index (χ4v) is 7.41. The Morgan fingerprint density at radius 2 is 1.77 bits per heavy atom. The van der Waals surface area contributed by atoms with Gasteiger partial charge in [-0.25, -0.2) is 4.79 Å². The Morgan fingerprint density at radius 3 is 2.50 bits per heavy atom.